The van der Waals surface area contributed by atoms with Crippen LogP contribution in [0, 0.1) is 5.92 Å². The fraction of sp³-hybridized carbons (Fsp3) is 0.227. The first-order valence-corrected chi connectivity index (χ1v) is 9.15. The minimum absolute atomic E-state index is 0.265. The Kier molecular flexibility index (Phi) is 5.81. The minimum atomic E-state index is -0.265. The van der Waals surface area contributed by atoms with Gasteiger partial charge in [-0.1, -0.05) is 62.4 Å². The van der Waals surface area contributed by atoms with Crippen LogP contribution >= 0.6 is 0 Å². The molecular weight excluding hydrogens is 336 g/mol. The lowest BCUT2D eigenvalue weighted by molar-refractivity contribution is 0.0955. The lowest BCUT2D eigenvalue weighted by Gasteiger charge is -2.08. The molecule has 1 aromatic heterocycles. The molecule has 1 amide bonds. The Labute approximate surface area is 159 Å². The third kappa shape index (κ3) is 4.31. The van der Waals surface area contributed by atoms with Crippen LogP contribution in [0.3, 0.4) is 0 Å². The number of carbonyl (C=O) groups is 1. The molecule has 0 aliphatic carbocycles. The van der Waals surface area contributed by atoms with Crippen molar-refractivity contribution in [2.75, 3.05) is 0 Å². The van der Waals surface area contributed by atoms with E-state index >= 15 is 0 Å². The van der Waals surface area contributed by atoms with Crippen LogP contribution in [0.1, 0.15) is 37.6 Å². The number of nitrogens with zero attached hydrogens (tertiary/aromatic N) is 3. The second kappa shape index (κ2) is 8.45. The van der Waals surface area contributed by atoms with Gasteiger partial charge in [-0.15, -0.1) is 0 Å². The predicted molar refractivity (Wildman–Crippen MR) is 109 cm³/mol. The summed E-state index contributed by atoms with van der Waals surface area (Å²) in [6, 6.07) is 19.4. The summed E-state index contributed by atoms with van der Waals surface area (Å²) in [7, 11) is 0. The molecule has 5 heteroatoms. The van der Waals surface area contributed by atoms with Gasteiger partial charge in [0.15, 0.2) is 0 Å². The van der Waals surface area contributed by atoms with E-state index in [2.05, 4.69) is 29.5 Å². The number of hydrazone groups is 1. The quantitative estimate of drug-likeness (QED) is 0.512. The number of hydrogen-bond acceptors (Lipinski definition) is 3. The lowest BCUT2D eigenvalue weighted by atomic mass is 10.1. The monoisotopic (exact) mass is 360 g/mol. The molecule has 3 rings (SSSR count). The third-order valence-electron chi connectivity index (χ3n) is 4.69. The van der Waals surface area contributed by atoms with E-state index in [0.717, 1.165) is 23.4 Å². The smallest absolute Gasteiger partial charge is 0.267 e. The summed E-state index contributed by atoms with van der Waals surface area (Å²) in [4.78, 5) is 12.8. The Bertz CT molecular complexity index is 929. The molecule has 3 aromatic rings. The Morgan fingerprint density at radius 1 is 1.11 bits per heavy atom. The van der Waals surface area contributed by atoms with Crippen LogP contribution in [-0.4, -0.2) is 21.4 Å². The molecule has 27 heavy (non-hydrogen) atoms. The maximum Gasteiger partial charge on any atom is 0.275 e. The number of benzene rings is 2. The van der Waals surface area contributed by atoms with Gasteiger partial charge in [-0.2, -0.15) is 10.2 Å². The Balaban J connectivity index is 1.98. The average Bonchev–Trinajstić information content (AvgIpc) is 3.18. The van der Waals surface area contributed by atoms with Gasteiger partial charge in [0.25, 0.3) is 5.91 Å². The fourth-order valence-electron chi connectivity index (χ4n) is 2.67. The second-order valence-electron chi connectivity index (χ2n) is 6.54. The van der Waals surface area contributed by atoms with E-state index in [0.29, 0.717) is 17.2 Å². The van der Waals surface area contributed by atoms with Crippen LogP contribution in [0.4, 0.5) is 0 Å². The standard InChI is InChI=1S/C22H24N4O/c1-4-16(2)17(3)23-24-22(27)20-15-26(19-13-9-6-10-14-19)25-21(20)18-11-7-5-8-12-18/h5-16H,4H2,1-3H3,(H,24,27)/b23-17-/t16-/m0/s1. The molecule has 1 N–H and O–H groups in total. The summed E-state index contributed by atoms with van der Waals surface area (Å²) in [6.45, 7) is 6.12. The first kappa shape index (κ1) is 18.6. The molecule has 0 bridgehead atoms. The maximum atomic E-state index is 12.8. The summed E-state index contributed by atoms with van der Waals surface area (Å²) in [5, 5.41) is 8.93. The van der Waals surface area contributed by atoms with E-state index < -0.39 is 0 Å². The zero-order valence-electron chi connectivity index (χ0n) is 15.9. The average molecular weight is 360 g/mol. The molecule has 0 unspecified atom stereocenters. The second-order valence-corrected chi connectivity index (χ2v) is 6.54. The summed E-state index contributed by atoms with van der Waals surface area (Å²) >= 11 is 0. The van der Waals surface area contributed by atoms with E-state index in [1.807, 2.05) is 67.6 Å². The first-order valence-electron chi connectivity index (χ1n) is 9.15. The minimum Gasteiger partial charge on any atom is -0.267 e. The van der Waals surface area contributed by atoms with Gasteiger partial charge in [0.1, 0.15) is 5.69 Å². The van der Waals surface area contributed by atoms with Crippen molar-refractivity contribution in [2.24, 2.45) is 11.0 Å². The molecule has 0 fully saturated rings. The normalized spacial score (nSPS) is 12.6. The highest BCUT2D eigenvalue weighted by Gasteiger charge is 2.18. The van der Waals surface area contributed by atoms with Crippen molar-refractivity contribution < 1.29 is 4.79 Å². The summed E-state index contributed by atoms with van der Waals surface area (Å²) in [5.41, 5.74) is 6.50. The molecule has 0 saturated heterocycles. The zero-order valence-corrected chi connectivity index (χ0v) is 15.9. The Hall–Kier alpha value is -3.21. The highest BCUT2D eigenvalue weighted by atomic mass is 16.2. The van der Waals surface area contributed by atoms with Crippen LogP contribution in [0.2, 0.25) is 0 Å². The number of nitrogens with one attached hydrogen (secondary N) is 1. The molecule has 0 saturated carbocycles. The van der Waals surface area contributed by atoms with Gasteiger partial charge < -0.3 is 0 Å². The number of carbonyl (C=O) groups excluding carboxylic acids is 1. The van der Waals surface area contributed by atoms with Gasteiger partial charge >= 0.3 is 0 Å². The molecule has 0 aliphatic heterocycles. The zero-order chi connectivity index (χ0) is 19.2. The highest BCUT2D eigenvalue weighted by molar-refractivity contribution is 6.00. The lowest BCUT2D eigenvalue weighted by Crippen LogP contribution is -2.21. The van der Waals surface area contributed by atoms with E-state index in [-0.39, 0.29) is 5.91 Å². The third-order valence-corrected chi connectivity index (χ3v) is 4.69. The van der Waals surface area contributed by atoms with Gasteiger partial charge in [0.05, 0.1) is 11.3 Å². The highest BCUT2D eigenvalue weighted by Crippen LogP contribution is 2.23. The van der Waals surface area contributed by atoms with Gasteiger partial charge in [0.2, 0.25) is 0 Å². The first-order chi connectivity index (χ1) is 13.1. The molecule has 138 valence electrons. The number of amides is 1. The largest absolute Gasteiger partial charge is 0.275 e. The summed E-state index contributed by atoms with van der Waals surface area (Å²) in [5.74, 6) is 0.0598. The number of rotatable bonds is 6. The van der Waals surface area contributed by atoms with Crippen molar-refractivity contribution in [2.45, 2.75) is 27.2 Å². The summed E-state index contributed by atoms with van der Waals surface area (Å²) in [6.07, 6.45) is 2.73. The molecule has 0 spiro atoms. The van der Waals surface area contributed by atoms with Crippen molar-refractivity contribution >= 4 is 11.6 Å². The van der Waals surface area contributed by atoms with Crippen LogP contribution in [0.5, 0.6) is 0 Å². The van der Waals surface area contributed by atoms with Crippen molar-refractivity contribution in [3.63, 3.8) is 0 Å². The van der Waals surface area contributed by atoms with Gasteiger partial charge in [-0.3, -0.25) is 4.79 Å². The van der Waals surface area contributed by atoms with E-state index in [9.17, 15) is 4.79 Å². The van der Waals surface area contributed by atoms with Gasteiger partial charge in [-0.25, -0.2) is 10.1 Å². The number of hydrogen-bond donors (Lipinski definition) is 1. The molecule has 0 radical (unpaired) electrons. The predicted octanol–water partition coefficient (Wildman–Crippen LogP) is 4.69. The Morgan fingerprint density at radius 2 is 1.74 bits per heavy atom. The van der Waals surface area contributed by atoms with Crippen molar-refractivity contribution in [1.82, 2.24) is 15.2 Å². The number of aromatic nitrogens is 2. The molecule has 0 aliphatic rings. The van der Waals surface area contributed by atoms with E-state index in [4.69, 9.17) is 0 Å². The fourth-order valence-corrected chi connectivity index (χ4v) is 2.67. The molecular formula is C22H24N4O. The van der Waals surface area contributed by atoms with Gasteiger partial charge in [-0.05, 0) is 31.4 Å². The van der Waals surface area contributed by atoms with Crippen LogP contribution in [0.15, 0.2) is 72.0 Å². The topological polar surface area (TPSA) is 59.3 Å². The van der Waals surface area contributed by atoms with E-state index in [1.54, 1.807) is 10.9 Å². The van der Waals surface area contributed by atoms with Crippen LogP contribution < -0.4 is 5.43 Å². The Morgan fingerprint density at radius 3 is 2.37 bits per heavy atom. The molecule has 1 heterocycles. The summed E-state index contributed by atoms with van der Waals surface area (Å²) < 4.78 is 1.72. The maximum absolute atomic E-state index is 12.8. The SMILES string of the molecule is CC[C@H](C)/C(C)=N\NC(=O)c1cn(-c2ccccc2)nc1-c1ccccc1. The van der Waals surface area contributed by atoms with Crippen LogP contribution in [-0.2, 0) is 0 Å². The van der Waals surface area contributed by atoms with Crippen LogP contribution in [0.25, 0.3) is 16.9 Å². The van der Waals surface area contributed by atoms with Crippen molar-refractivity contribution in [1.29, 1.82) is 0 Å². The molecule has 2 aromatic carbocycles. The van der Waals surface area contributed by atoms with Crippen molar-refractivity contribution in [3.8, 4) is 16.9 Å². The molecule has 1 atom stereocenters. The molecule has 5 nitrogen and oxygen atoms in total. The van der Waals surface area contributed by atoms with Crippen molar-refractivity contribution in [3.05, 3.63) is 72.4 Å². The van der Waals surface area contributed by atoms with E-state index in [1.165, 1.54) is 0 Å². The van der Waals surface area contributed by atoms with Gasteiger partial charge in [0, 0.05) is 17.5 Å². The number of para-hydroxylation sites is 1.